The van der Waals surface area contributed by atoms with Gasteiger partial charge >= 0.3 is 6.18 Å². The highest BCUT2D eigenvalue weighted by Gasteiger charge is 2.36. The Morgan fingerprint density at radius 3 is 2.54 bits per heavy atom. The van der Waals surface area contributed by atoms with E-state index in [1.807, 2.05) is 0 Å². The van der Waals surface area contributed by atoms with Crippen LogP contribution in [-0.2, 0) is 13.2 Å². The van der Waals surface area contributed by atoms with E-state index in [-0.39, 0.29) is 28.4 Å². The summed E-state index contributed by atoms with van der Waals surface area (Å²) >= 11 is 5.68. The monoisotopic (exact) mass is 410 g/mol. The molecule has 1 aliphatic carbocycles. The Balaban J connectivity index is 1.85. The maximum absolute atomic E-state index is 13.0. The van der Waals surface area contributed by atoms with E-state index in [1.165, 1.54) is 11.7 Å². The van der Waals surface area contributed by atoms with Crippen molar-refractivity contribution in [3.63, 3.8) is 0 Å². The number of halogens is 4. The summed E-state index contributed by atoms with van der Waals surface area (Å²) in [6, 6.07) is 2.78. The van der Waals surface area contributed by atoms with Crippen LogP contribution in [0, 0.1) is 6.92 Å². The zero-order valence-electron chi connectivity index (χ0n) is 14.8. The third-order valence-electron chi connectivity index (χ3n) is 4.74. The van der Waals surface area contributed by atoms with Crippen molar-refractivity contribution in [2.75, 3.05) is 0 Å². The quantitative estimate of drug-likeness (QED) is 0.618. The van der Waals surface area contributed by atoms with E-state index >= 15 is 0 Å². The van der Waals surface area contributed by atoms with Gasteiger partial charge in [0, 0.05) is 35.9 Å². The van der Waals surface area contributed by atoms with E-state index in [9.17, 15) is 22.8 Å². The van der Waals surface area contributed by atoms with E-state index in [1.54, 1.807) is 17.6 Å². The van der Waals surface area contributed by atoms with Crippen molar-refractivity contribution in [1.29, 1.82) is 0 Å². The molecule has 3 heterocycles. The summed E-state index contributed by atoms with van der Waals surface area (Å²) in [5.74, 6) is -0.615. The molecule has 0 atom stereocenters. The number of rotatable bonds is 3. The van der Waals surface area contributed by atoms with Crippen LogP contribution in [-0.4, -0.2) is 25.1 Å². The Bertz CT molecular complexity index is 1190. The molecule has 0 bridgehead atoms. The summed E-state index contributed by atoms with van der Waals surface area (Å²) in [6.07, 6.45) is -2.06. The van der Waals surface area contributed by atoms with Crippen molar-refractivity contribution in [1.82, 2.24) is 19.3 Å². The van der Waals surface area contributed by atoms with Crippen LogP contribution in [0.15, 0.2) is 23.1 Å². The van der Waals surface area contributed by atoms with Crippen molar-refractivity contribution >= 4 is 28.3 Å². The number of aryl methyl sites for hydroxylation is 2. The Hall–Kier alpha value is -2.68. The zero-order chi connectivity index (χ0) is 20.4. The van der Waals surface area contributed by atoms with Crippen molar-refractivity contribution in [3.8, 4) is 0 Å². The molecule has 0 amide bonds. The molecule has 0 aromatic carbocycles. The number of ketones is 1. The summed E-state index contributed by atoms with van der Waals surface area (Å²) in [5, 5.41) is 3.86. The minimum Gasteiger partial charge on any atom is -0.308 e. The van der Waals surface area contributed by atoms with Gasteiger partial charge in [0.25, 0.3) is 5.56 Å². The van der Waals surface area contributed by atoms with Gasteiger partial charge in [-0.1, -0.05) is 11.6 Å². The first-order valence-corrected chi connectivity index (χ1v) is 8.83. The first-order valence-electron chi connectivity index (χ1n) is 8.46. The molecular weight excluding hydrogens is 397 g/mol. The summed E-state index contributed by atoms with van der Waals surface area (Å²) in [6.45, 7) is 1.77. The number of pyridine rings is 2. The Kier molecular flexibility index (Phi) is 4.11. The third-order valence-corrected chi connectivity index (χ3v) is 5.03. The molecule has 10 heteroatoms. The van der Waals surface area contributed by atoms with Gasteiger partial charge in [0.2, 0.25) is 5.78 Å². The molecule has 1 aliphatic rings. The van der Waals surface area contributed by atoms with Gasteiger partial charge in [0.15, 0.2) is 11.2 Å². The van der Waals surface area contributed by atoms with Crippen LogP contribution in [0.25, 0.3) is 10.9 Å². The minimum absolute atomic E-state index is 0.0933. The van der Waals surface area contributed by atoms with Crippen LogP contribution < -0.4 is 5.56 Å². The molecule has 1 fully saturated rings. The van der Waals surface area contributed by atoms with Crippen molar-refractivity contribution in [3.05, 3.63) is 56.4 Å². The van der Waals surface area contributed by atoms with Crippen LogP contribution >= 0.6 is 11.6 Å². The molecular formula is C18H14ClF3N4O2. The van der Waals surface area contributed by atoms with Crippen molar-refractivity contribution < 1.29 is 18.0 Å². The van der Waals surface area contributed by atoms with Gasteiger partial charge in [-0.2, -0.15) is 18.3 Å². The van der Waals surface area contributed by atoms with Gasteiger partial charge in [0.05, 0.1) is 5.02 Å². The van der Waals surface area contributed by atoms with Gasteiger partial charge in [-0.05, 0) is 31.9 Å². The number of hydrogen-bond acceptors (Lipinski definition) is 4. The zero-order valence-corrected chi connectivity index (χ0v) is 15.6. The topological polar surface area (TPSA) is 69.8 Å². The predicted octanol–water partition coefficient (Wildman–Crippen LogP) is 3.68. The number of aromatic nitrogens is 4. The fraction of sp³-hybridized carbons (Fsp3) is 0.333. The number of alkyl halides is 3. The van der Waals surface area contributed by atoms with E-state index in [4.69, 9.17) is 11.6 Å². The summed E-state index contributed by atoms with van der Waals surface area (Å²) in [5.41, 5.74) is -0.720. The molecule has 146 valence electrons. The van der Waals surface area contributed by atoms with Gasteiger partial charge in [-0.15, -0.1) is 0 Å². The number of hydrogen-bond donors (Lipinski definition) is 0. The minimum atomic E-state index is -4.72. The Morgan fingerprint density at radius 1 is 1.29 bits per heavy atom. The fourth-order valence-electron chi connectivity index (χ4n) is 3.35. The number of fused-ring (bicyclic) bond motifs is 1. The first kappa shape index (κ1) is 18.7. The number of carbonyl (C=O) groups is 1. The van der Waals surface area contributed by atoms with E-state index < -0.39 is 22.7 Å². The molecule has 0 aliphatic heterocycles. The smallest absolute Gasteiger partial charge is 0.308 e. The molecule has 0 radical (unpaired) electrons. The molecule has 4 rings (SSSR count). The summed E-state index contributed by atoms with van der Waals surface area (Å²) in [4.78, 5) is 29.0. The number of carbonyl (C=O) groups excluding carboxylic acids is 1. The molecule has 0 saturated heterocycles. The average molecular weight is 411 g/mol. The predicted molar refractivity (Wildman–Crippen MR) is 95.7 cm³/mol. The lowest BCUT2D eigenvalue weighted by atomic mass is 10.1. The Labute approximate surface area is 161 Å². The second-order valence-electron chi connectivity index (χ2n) is 6.81. The van der Waals surface area contributed by atoms with Gasteiger partial charge in [-0.25, -0.2) is 4.98 Å². The normalized spacial score (nSPS) is 14.6. The van der Waals surface area contributed by atoms with E-state index in [0.29, 0.717) is 11.1 Å². The molecule has 3 aromatic rings. The SMILES string of the molecule is Cc1cc2c(C(=O)c3cnc(C(F)(F)F)c(Cl)c3)n(C)nc2c(=O)n1C1CC1. The van der Waals surface area contributed by atoms with Crippen LogP contribution in [0.4, 0.5) is 13.2 Å². The highest BCUT2D eigenvalue weighted by Crippen LogP contribution is 2.36. The van der Waals surface area contributed by atoms with Crippen LogP contribution in [0.2, 0.25) is 5.02 Å². The highest BCUT2D eigenvalue weighted by atomic mass is 35.5. The summed E-state index contributed by atoms with van der Waals surface area (Å²) in [7, 11) is 1.50. The molecule has 28 heavy (non-hydrogen) atoms. The van der Waals surface area contributed by atoms with Gasteiger partial charge in [0.1, 0.15) is 5.69 Å². The molecule has 1 saturated carbocycles. The third kappa shape index (κ3) is 2.90. The van der Waals surface area contributed by atoms with Crippen LogP contribution in [0.1, 0.15) is 46.3 Å². The number of nitrogens with zero attached hydrogens (tertiary/aromatic N) is 4. The lowest BCUT2D eigenvalue weighted by molar-refractivity contribution is -0.141. The Morgan fingerprint density at radius 2 is 1.96 bits per heavy atom. The van der Waals surface area contributed by atoms with E-state index in [2.05, 4.69) is 10.1 Å². The van der Waals surface area contributed by atoms with Crippen LogP contribution in [0.3, 0.4) is 0 Å². The van der Waals surface area contributed by atoms with Crippen molar-refractivity contribution in [2.45, 2.75) is 32.0 Å². The van der Waals surface area contributed by atoms with Crippen LogP contribution in [0.5, 0.6) is 0 Å². The standard InChI is InChI=1S/C18H14ClF3N4O2/c1-8-5-11-13(17(28)26(8)10-3-4-10)24-25(2)14(11)15(27)9-6-12(19)16(23-7-9)18(20,21)22/h5-7,10H,3-4H2,1-2H3. The first-order chi connectivity index (χ1) is 13.1. The maximum atomic E-state index is 13.0. The average Bonchev–Trinajstić information content (AvgIpc) is 3.36. The highest BCUT2D eigenvalue weighted by molar-refractivity contribution is 6.32. The van der Waals surface area contributed by atoms with Gasteiger partial charge in [-0.3, -0.25) is 14.3 Å². The molecule has 0 spiro atoms. The summed E-state index contributed by atoms with van der Waals surface area (Å²) < 4.78 is 41.5. The van der Waals surface area contributed by atoms with Crippen molar-refractivity contribution in [2.24, 2.45) is 7.05 Å². The second kappa shape index (κ2) is 6.16. The van der Waals surface area contributed by atoms with E-state index in [0.717, 1.165) is 25.1 Å². The molecule has 3 aromatic heterocycles. The lowest BCUT2D eigenvalue weighted by Gasteiger charge is -2.10. The molecule has 0 N–H and O–H groups in total. The fourth-order valence-corrected chi connectivity index (χ4v) is 3.62. The van der Waals surface area contributed by atoms with Gasteiger partial charge < -0.3 is 4.57 Å². The second-order valence-corrected chi connectivity index (χ2v) is 7.22. The molecule has 0 unspecified atom stereocenters. The maximum Gasteiger partial charge on any atom is 0.434 e. The lowest BCUT2D eigenvalue weighted by Crippen LogP contribution is -2.21. The largest absolute Gasteiger partial charge is 0.434 e. The molecule has 6 nitrogen and oxygen atoms in total.